The Morgan fingerprint density at radius 2 is 2.38 bits per heavy atom. The summed E-state index contributed by atoms with van der Waals surface area (Å²) in [5, 5.41) is 8.47. The van der Waals surface area contributed by atoms with Crippen LogP contribution in [0.4, 0.5) is 0 Å². The molecule has 0 spiro atoms. The first-order valence-electron chi connectivity index (χ1n) is 2.24. The minimum Gasteiger partial charge on any atom is -0.368 e. The average Bonchev–Trinajstić information content (AvgIpc) is 1.65. The fourth-order valence-electron chi connectivity index (χ4n) is 0.200. The SMILES string of the molecule is CCC(O)O[PH](=O)O. The summed E-state index contributed by atoms with van der Waals surface area (Å²) in [6.07, 6.45) is -0.761. The molecule has 0 aromatic heterocycles. The van der Waals surface area contributed by atoms with Crippen molar-refractivity contribution in [2.75, 3.05) is 0 Å². The van der Waals surface area contributed by atoms with Gasteiger partial charge in [0.15, 0.2) is 6.29 Å². The normalized spacial score (nSPS) is 17.9. The molecule has 2 unspecified atom stereocenters. The number of hydrogen-bond acceptors (Lipinski definition) is 3. The highest BCUT2D eigenvalue weighted by Gasteiger charge is 2.01. The molecule has 0 saturated heterocycles. The second-order valence-electron chi connectivity index (χ2n) is 1.25. The molecule has 0 saturated carbocycles. The summed E-state index contributed by atoms with van der Waals surface area (Å²) in [7, 11) is -2.95. The molecule has 0 aliphatic heterocycles. The Labute approximate surface area is 48.0 Å². The Kier molecular flexibility index (Phi) is 4.09. The highest BCUT2D eigenvalue weighted by molar-refractivity contribution is 7.32. The van der Waals surface area contributed by atoms with Gasteiger partial charge in [-0.2, -0.15) is 0 Å². The van der Waals surface area contributed by atoms with E-state index in [-0.39, 0.29) is 0 Å². The first-order chi connectivity index (χ1) is 3.66. The quantitative estimate of drug-likeness (QED) is 0.431. The van der Waals surface area contributed by atoms with Gasteiger partial charge in [0.1, 0.15) is 0 Å². The van der Waals surface area contributed by atoms with Crippen LogP contribution >= 0.6 is 8.25 Å². The summed E-state index contributed by atoms with van der Waals surface area (Å²) in [6, 6.07) is 0. The zero-order chi connectivity index (χ0) is 6.57. The molecule has 0 aromatic carbocycles. The van der Waals surface area contributed by atoms with E-state index in [0.717, 1.165) is 0 Å². The van der Waals surface area contributed by atoms with Crippen LogP contribution in [0.3, 0.4) is 0 Å². The van der Waals surface area contributed by atoms with Crippen LogP contribution in [-0.2, 0) is 9.09 Å². The van der Waals surface area contributed by atoms with Gasteiger partial charge in [0.25, 0.3) is 0 Å². The predicted octanol–water partition coefficient (Wildman–Crippen LogP) is 0.113. The minimum absolute atomic E-state index is 0.330. The van der Waals surface area contributed by atoms with E-state index in [1.165, 1.54) is 0 Å². The van der Waals surface area contributed by atoms with Gasteiger partial charge in [0.2, 0.25) is 0 Å². The Morgan fingerprint density at radius 1 is 1.88 bits per heavy atom. The molecule has 2 atom stereocenters. The fourth-order valence-corrected chi connectivity index (χ4v) is 0.599. The van der Waals surface area contributed by atoms with Crippen molar-refractivity contribution < 1.29 is 19.1 Å². The van der Waals surface area contributed by atoms with E-state index in [4.69, 9.17) is 10.00 Å². The van der Waals surface area contributed by atoms with Gasteiger partial charge in [-0.05, 0) is 6.42 Å². The van der Waals surface area contributed by atoms with Gasteiger partial charge in [0, 0.05) is 0 Å². The molecule has 2 N–H and O–H groups in total. The molecule has 4 nitrogen and oxygen atoms in total. The van der Waals surface area contributed by atoms with Crippen molar-refractivity contribution in [3.63, 3.8) is 0 Å². The standard InChI is InChI=1S/C3H9O4P/c1-2-3(4)7-8(5)6/h3-4,8H,2H2,1H3,(H,5,6). The molecular weight excluding hydrogens is 131 g/mol. The molecule has 0 aliphatic rings. The smallest absolute Gasteiger partial charge is 0.318 e. The fraction of sp³-hybridized carbons (Fsp3) is 1.00. The molecule has 0 rings (SSSR count). The summed E-state index contributed by atoms with van der Waals surface area (Å²) < 4.78 is 13.8. The van der Waals surface area contributed by atoms with Gasteiger partial charge >= 0.3 is 8.25 Å². The lowest BCUT2D eigenvalue weighted by Crippen LogP contribution is -2.03. The highest BCUT2D eigenvalue weighted by Crippen LogP contribution is 2.17. The lowest BCUT2D eigenvalue weighted by molar-refractivity contribution is -0.0203. The van der Waals surface area contributed by atoms with Crippen molar-refractivity contribution in [1.29, 1.82) is 0 Å². The molecule has 8 heavy (non-hydrogen) atoms. The molecule has 0 amide bonds. The lowest BCUT2D eigenvalue weighted by atomic mass is 10.5. The molecule has 0 aliphatic carbocycles. The van der Waals surface area contributed by atoms with Crippen LogP contribution in [-0.4, -0.2) is 16.3 Å². The average molecular weight is 140 g/mol. The van der Waals surface area contributed by atoms with Crippen LogP contribution in [0.5, 0.6) is 0 Å². The van der Waals surface area contributed by atoms with E-state index < -0.39 is 14.5 Å². The van der Waals surface area contributed by atoms with E-state index >= 15 is 0 Å². The topological polar surface area (TPSA) is 66.8 Å². The second kappa shape index (κ2) is 4.04. The zero-order valence-electron chi connectivity index (χ0n) is 4.50. The van der Waals surface area contributed by atoms with Gasteiger partial charge in [-0.25, -0.2) is 0 Å². The van der Waals surface area contributed by atoms with Crippen LogP contribution in [0.15, 0.2) is 0 Å². The second-order valence-corrected chi connectivity index (χ2v) is 2.01. The molecular formula is C3H9O4P. The van der Waals surface area contributed by atoms with Gasteiger partial charge in [-0.15, -0.1) is 0 Å². The Hall–Kier alpha value is 0.110. The molecule has 5 heteroatoms. The predicted molar refractivity (Wildman–Crippen MR) is 28.6 cm³/mol. The zero-order valence-corrected chi connectivity index (χ0v) is 5.50. The first kappa shape index (κ1) is 8.11. The maximum atomic E-state index is 9.77. The van der Waals surface area contributed by atoms with Gasteiger partial charge in [-0.1, -0.05) is 6.92 Å². The van der Waals surface area contributed by atoms with E-state index in [1.807, 2.05) is 0 Å². The van der Waals surface area contributed by atoms with E-state index in [2.05, 4.69) is 4.52 Å². The van der Waals surface area contributed by atoms with Gasteiger partial charge in [-0.3, -0.25) is 9.09 Å². The van der Waals surface area contributed by atoms with Crippen molar-refractivity contribution >= 4 is 8.25 Å². The lowest BCUT2D eigenvalue weighted by Gasteiger charge is -2.03. The van der Waals surface area contributed by atoms with Gasteiger partial charge in [0.05, 0.1) is 0 Å². The van der Waals surface area contributed by atoms with Crippen LogP contribution in [0, 0.1) is 0 Å². The Morgan fingerprint density at radius 3 is 2.50 bits per heavy atom. The Balaban J connectivity index is 3.24. The summed E-state index contributed by atoms with van der Waals surface area (Å²) >= 11 is 0. The maximum absolute atomic E-state index is 9.77. The minimum atomic E-state index is -2.95. The van der Waals surface area contributed by atoms with Gasteiger partial charge < -0.3 is 10.00 Å². The van der Waals surface area contributed by atoms with Crippen molar-refractivity contribution in [2.45, 2.75) is 19.6 Å². The molecule has 50 valence electrons. The summed E-state index contributed by atoms with van der Waals surface area (Å²) in [5.74, 6) is 0. The van der Waals surface area contributed by atoms with Crippen molar-refractivity contribution in [1.82, 2.24) is 0 Å². The number of rotatable bonds is 3. The molecule has 0 heterocycles. The highest BCUT2D eigenvalue weighted by atomic mass is 31.1. The van der Waals surface area contributed by atoms with E-state index in [1.54, 1.807) is 6.92 Å². The summed E-state index contributed by atoms with van der Waals surface area (Å²) in [4.78, 5) is 8.02. The maximum Gasteiger partial charge on any atom is 0.318 e. The van der Waals surface area contributed by atoms with Crippen LogP contribution in [0.25, 0.3) is 0 Å². The third-order valence-corrected chi connectivity index (χ3v) is 1.06. The molecule has 0 bridgehead atoms. The summed E-state index contributed by atoms with van der Waals surface area (Å²) in [5.41, 5.74) is 0. The third kappa shape index (κ3) is 4.27. The Bertz CT molecular complexity index is 83.4. The largest absolute Gasteiger partial charge is 0.368 e. The van der Waals surface area contributed by atoms with Crippen LogP contribution < -0.4 is 0 Å². The number of aliphatic hydroxyl groups is 1. The van der Waals surface area contributed by atoms with Crippen molar-refractivity contribution in [2.24, 2.45) is 0 Å². The third-order valence-electron chi connectivity index (χ3n) is 0.586. The molecule has 0 radical (unpaired) electrons. The van der Waals surface area contributed by atoms with E-state index in [0.29, 0.717) is 6.42 Å². The summed E-state index contributed by atoms with van der Waals surface area (Å²) in [6.45, 7) is 1.65. The van der Waals surface area contributed by atoms with E-state index in [9.17, 15) is 4.57 Å². The first-order valence-corrected chi connectivity index (χ1v) is 3.50. The van der Waals surface area contributed by atoms with Crippen molar-refractivity contribution in [3.05, 3.63) is 0 Å². The van der Waals surface area contributed by atoms with Crippen molar-refractivity contribution in [3.8, 4) is 0 Å². The molecule has 0 fully saturated rings. The van der Waals surface area contributed by atoms with Crippen LogP contribution in [0.2, 0.25) is 0 Å². The number of aliphatic hydroxyl groups excluding tert-OH is 1. The van der Waals surface area contributed by atoms with Crippen LogP contribution in [0.1, 0.15) is 13.3 Å². The molecule has 0 aromatic rings. The number of hydrogen-bond donors (Lipinski definition) is 2. The monoisotopic (exact) mass is 140 g/mol.